The van der Waals surface area contributed by atoms with Gasteiger partial charge in [-0.05, 0) is 60.7 Å². The zero-order chi connectivity index (χ0) is 20.8. The number of halogens is 1. The van der Waals surface area contributed by atoms with Gasteiger partial charge in [0.1, 0.15) is 29.0 Å². The average molecular weight is 389 g/mol. The first-order valence-electron chi connectivity index (χ1n) is 8.61. The Kier molecular flexibility index (Phi) is 5.85. The molecule has 3 rings (SSSR count). The molecule has 1 heterocycles. The topological polar surface area (TPSA) is 95.1 Å². The van der Waals surface area contributed by atoms with Crippen LogP contribution in [-0.4, -0.2) is 11.8 Å². The molecule has 29 heavy (non-hydrogen) atoms. The highest BCUT2D eigenvalue weighted by Crippen LogP contribution is 2.24. The first-order valence-corrected chi connectivity index (χ1v) is 8.61. The lowest BCUT2D eigenvalue weighted by Crippen LogP contribution is -2.13. The van der Waals surface area contributed by atoms with Crippen LogP contribution >= 0.6 is 0 Å². The number of amides is 2. The Hall–Kier alpha value is -4.18. The van der Waals surface area contributed by atoms with Crippen LogP contribution in [0, 0.1) is 17.1 Å². The standard InChI is InChI=1S/C22H16FN3O3/c1-14(27)25-18-6-8-19(9-7-18)26-22(28)16(13-24)12-20-10-11-21(29-20)15-2-4-17(23)5-3-15/h2-12H,1H3,(H,25,27)(H,26,28). The molecule has 0 aliphatic heterocycles. The maximum Gasteiger partial charge on any atom is 0.266 e. The summed E-state index contributed by atoms with van der Waals surface area (Å²) >= 11 is 0. The molecule has 0 bridgehead atoms. The summed E-state index contributed by atoms with van der Waals surface area (Å²) in [6.45, 7) is 1.40. The number of hydrogen-bond acceptors (Lipinski definition) is 4. The summed E-state index contributed by atoms with van der Waals surface area (Å²) in [5, 5.41) is 14.6. The van der Waals surface area contributed by atoms with Gasteiger partial charge in [0, 0.05) is 29.9 Å². The summed E-state index contributed by atoms with van der Waals surface area (Å²) in [5.41, 5.74) is 1.59. The van der Waals surface area contributed by atoms with Gasteiger partial charge in [-0.25, -0.2) is 4.39 Å². The molecule has 6 nitrogen and oxygen atoms in total. The van der Waals surface area contributed by atoms with Crippen LogP contribution in [0.1, 0.15) is 12.7 Å². The predicted molar refractivity (Wildman–Crippen MR) is 107 cm³/mol. The van der Waals surface area contributed by atoms with Crippen LogP contribution in [0.4, 0.5) is 15.8 Å². The molecule has 0 aliphatic carbocycles. The molecule has 0 atom stereocenters. The number of hydrogen-bond donors (Lipinski definition) is 2. The summed E-state index contributed by atoms with van der Waals surface area (Å²) in [7, 11) is 0. The monoisotopic (exact) mass is 389 g/mol. The first-order chi connectivity index (χ1) is 13.9. The number of benzene rings is 2. The summed E-state index contributed by atoms with van der Waals surface area (Å²) in [4.78, 5) is 23.4. The second-order valence-electron chi connectivity index (χ2n) is 6.09. The maximum atomic E-state index is 13.0. The van der Waals surface area contributed by atoms with Crippen molar-refractivity contribution < 1.29 is 18.4 Å². The Morgan fingerprint density at radius 1 is 0.966 bits per heavy atom. The van der Waals surface area contributed by atoms with E-state index >= 15 is 0 Å². The molecule has 2 N–H and O–H groups in total. The van der Waals surface area contributed by atoms with Crippen LogP contribution in [0.3, 0.4) is 0 Å². The molecule has 0 fully saturated rings. The lowest BCUT2D eigenvalue weighted by atomic mass is 10.2. The number of carbonyl (C=O) groups is 2. The fourth-order valence-corrected chi connectivity index (χ4v) is 2.53. The van der Waals surface area contributed by atoms with Gasteiger partial charge in [-0.15, -0.1) is 0 Å². The average Bonchev–Trinajstić information content (AvgIpc) is 3.16. The van der Waals surface area contributed by atoms with Gasteiger partial charge >= 0.3 is 0 Å². The van der Waals surface area contributed by atoms with Crippen molar-refractivity contribution in [3.05, 3.63) is 77.8 Å². The van der Waals surface area contributed by atoms with Crippen LogP contribution in [0.15, 0.2) is 70.7 Å². The number of nitrogens with one attached hydrogen (secondary N) is 2. The van der Waals surface area contributed by atoms with Gasteiger partial charge in [0.05, 0.1) is 0 Å². The van der Waals surface area contributed by atoms with Crippen LogP contribution in [0.2, 0.25) is 0 Å². The second-order valence-corrected chi connectivity index (χ2v) is 6.09. The van der Waals surface area contributed by atoms with Crippen molar-refractivity contribution in [1.82, 2.24) is 0 Å². The molecule has 144 valence electrons. The normalized spacial score (nSPS) is 10.9. The third-order valence-electron chi connectivity index (χ3n) is 3.87. The Balaban J connectivity index is 1.72. The molecule has 2 amide bonds. The zero-order valence-corrected chi connectivity index (χ0v) is 15.4. The number of nitrogens with zero attached hydrogens (tertiary/aromatic N) is 1. The van der Waals surface area contributed by atoms with E-state index in [2.05, 4.69) is 10.6 Å². The van der Waals surface area contributed by atoms with Crippen molar-refractivity contribution in [1.29, 1.82) is 5.26 Å². The third kappa shape index (κ3) is 5.17. The van der Waals surface area contributed by atoms with Crippen LogP contribution in [0.25, 0.3) is 17.4 Å². The number of anilines is 2. The van der Waals surface area contributed by atoms with E-state index in [-0.39, 0.29) is 17.3 Å². The van der Waals surface area contributed by atoms with Crippen molar-refractivity contribution in [2.24, 2.45) is 0 Å². The summed E-state index contributed by atoms with van der Waals surface area (Å²) in [6, 6.07) is 17.4. The van der Waals surface area contributed by atoms with E-state index in [0.29, 0.717) is 28.5 Å². The van der Waals surface area contributed by atoms with E-state index in [1.165, 1.54) is 25.1 Å². The van der Waals surface area contributed by atoms with Gasteiger partial charge in [-0.3, -0.25) is 9.59 Å². The molecule has 3 aromatic rings. The van der Waals surface area contributed by atoms with Gasteiger partial charge in [-0.2, -0.15) is 5.26 Å². The quantitative estimate of drug-likeness (QED) is 0.493. The largest absolute Gasteiger partial charge is 0.457 e. The van der Waals surface area contributed by atoms with E-state index in [1.54, 1.807) is 48.5 Å². The lowest BCUT2D eigenvalue weighted by molar-refractivity contribution is -0.114. The Bertz CT molecular complexity index is 1110. The maximum absolute atomic E-state index is 13.0. The molecule has 0 radical (unpaired) electrons. The molecular formula is C22H16FN3O3. The fraction of sp³-hybridized carbons (Fsp3) is 0.0455. The Labute approximate surface area is 166 Å². The molecule has 0 aliphatic rings. The molecule has 0 saturated heterocycles. The molecular weight excluding hydrogens is 373 g/mol. The van der Waals surface area contributed by atoms with Crippen LogP contribution in [-0.2, 0) is 9.59 Å². The highest BCUT2D eigenvalue weighted by molar-refractivity contribution is 6.09. The summed E-state index contributed by atoms with van der Waals surface area (Å²) in [5.74, 6) is -0.344. The minimum absolute atomic E-state index is 0.143. The SMILES string of the molecule is CC(=O)Nc1ccc(NC(=O)C(C#N)=Cc2ccc(-c3ccc(F)cc3)o2)cc1. The molecule has 2 aromatic carbocycles. The van der Waals surface area contributed by atoms with Gasteiger partial charge in [0.25, 0.3) is 5.91 Å². The Morgan fingerprint density at radius 3 is 2.17 bits per heavy atom. The smallest absolute Gasteiger partial charge is 0.266 e. The van der Waals surface area contributed by atoms with Gasteiger partial charge < -0.3 is 15.1 Å². The molecule has 0 spiro atoms. The minimum atomic E-state index is -0.598. The van der Waals surface area contributed by atoms with Gasteiger partial charge in [-0.1, -0.05) is 0 Å². The van der Waals surface area contributed by atoms with E-state index in [9.17, 15) is 19.2 Å². The molecule has 7 heteroatoms. The zero-order valence-electron chi connectivity index (χ0n) is 15.4. The van der Waals surface area contributed by atoms with Crippen molar-refractivity contribution in [3.8, 4) is 17.4 Å². The van der Waals surface area contributed by atoms with Gasteiger partial charge in [0.15, 0.2) is 0 Å². The molecule has 0 saturated carbocycles. The molecule has 0 unspecified atom stereocenters. The van der Waals surface area contributed by atoms with Gasteiger partial charge in [0.2, 0.25) is 5.91 Å². The van der Waals surface area contributed by atoms with Crippen molar-refractivity contribution in [3.63, 3.8) is 0 Å². The van der Waals surface area contributed by atoms with Crippen molar-refractivity contribution >= 4 is 29.3 Å². The number of carbonyl (C=O) groups excluding carboxylic acids is 2. The predicted octanol–water partition coefficient (Wildman–Crippen LogP) is 4.59. The fourth-order valence-electron chi connectivity index (χ4n) is 2.53. The van der Waals surface area contributed by atoms with Crippen LogP contribution in [0.5, 0.6) is 0 Å². The highest BCUT2D eigenvalue weighted by atomic mass is 19.1. The van der Waals surface area contributed by atoms with Crippen molar-refractivity contribution in [2.45, 2.75) is 6.92 Å². The third-order valence-corrected chi connectivity index (χ3v) is 3.87. The number of furan rings is 1. The Morgan fingerprint density at radius 2 is 1.59 bits per heavy atom. The van der Waals surface area contributed by atoms with Crippen molar-refractivity contribution in [2.75, 3.05) is 10.6 Å². The number of rotatable bonds is 5. The van der Waals surface area contributed by atoms with E-state index in [0.717, 1.165) is 0 Å². The minimum Gasteiger partial charge on any atom is -0.457 e. The second kappa shape index (κ2) is 8.67. The number of nitriles is 1. The highest BCUT2D eigenvalue weighted by Gasteiger charge is 2.12. The van der Waals surface area contributed by atoms with Crippen LogP contribution < -0.4 is 10.6 Å². The van der Waals surface area contributed by atoms with E-state index < -0.39 is 5.91 Å². The summed E-state index contributed by atoms with van der Waals surface area (Å²) in [6.07, 6.45) is 1.33. The van der Waals surface area contributed by atoms with E-state index in [1.807, 2.05) is 6.07 Å². The lowest BCUT2D eigenvalue weighted by Gasteiger charge is -2.06. The summed E-state index contributed by atoms with van der Waals surface area (Å²) < 4.78 is 18.7. The van der Waals surface area contributed by atoms with E-state index in [4.69, 9.17) is 4.42 Å². The molecule has 1 aromatic heterocycles. The first kappa shape index (κ1) is 19.6.